The Morgan fingerprint density at radius 3 is 2.42 bits per heavy atom. The van der Waals surface area contributed by atoms with E-state index < -0.39 is 5.60 Å². The van der Waals surface area contributed by atoms with Gasteiger partial charge in [-0.1, -0.05) is 0 Å². The van der Waals surface area contributed by atoms with Gasteiger partial charge in [-0.25, -0.2) is 0 Å². The minimum Gasteiger partial charge on any atom is -0.389 e. The van der Waals surface area contributed by atoms with Gasteiger partial charge in [0.2, 0.25) is 0 Å². The topological polar surface area (TPSA) is 38.0 Å². The van der Waals surface area contributed by atoms with Crippen molar-refractivity contribution < 1.29 is 5.11 Å². The second-order valence-electron chi connectivity index (χ2n) is 3.88. The maximum atomic E-state index is 9.54. The summed E-state index contributed by atoms with van der Waals surface area (Å²) < 4.78 is 1.83. The van der Waals surface area contributed by atoms with Gasteiger partial charge in [-0.2, -0.15) is 5.10 Å². The highest BCUT2D eigenvalue weighted by Crippen LogP contribution is 2.10. The van der Waals surface area contributed by atoms with E-state index in [0.29, 0.717) is 6.54 Å². The predicted molar refractivity (Wildman–Crippen MR) is 48.0 cm³/mol. The van der Waals surface area contributed by atoms with Crippen LogP contribution >= 0.6 is 0 Å². The maximum Gasteiger partial charge on any atom is 0.0786 e. The van der Waals surface area contributed by atoms with E-state index in [4.69, 9.17) is 0 Å². The first-order valence-corrected chi connectivity index (χ1v) is 4.11. The van der Waals surface area contributed by atoms with Crippen LogP contribution in [-0.2, 0) is 6.54 Å². The van der Waals surface area contributed by atoms with Gasteiger partial charge >= 0.3 is 0 Å². The summed E-state index contributed by atoms with van der Waals surface area (Å²) in [6, 6.07) is 0. The summed E-state index contributed by atoms with van der Waals surface area (Å²) in [6.07, 6.45) is 1.82. The van der Waals surface area contributed by atoms with Crippen LogP contribution in [0.15, 0.2) is 6.20 Å². The molecule has 0 fully saturated rings. The number of aryl methyl sites for hydroxylation is 1. The average Bonchev–Trinajstić information content (AvgIpc) is 2.16. The van der Waals surface area contributed by atoms with E-state index in [1.54, 1.807) is 13.8 Å². The number of aromatic nitrogens is 2. The van der Waals surface area contributed by atoms with Crippen LogP contribution in [0.3, 0.4) is 0 Å². The third kappa shape index (κ3) is 2.08. The molecule has 0 atom stereocenters. The van der Waals surface area contributed by atoms with Gasteiger partial charge in [-0.15, -0.1) is 0 Å². The maximum absolute atomic E-state index is 9.54. The summed E-state index contributed by atoms with van der Waals surface area (Å²) in [5, 5.41) is 13.7. The highest BCUT2D eigenvalue weighted by Gasteiger charge is 2.15. The molecule has 3 nitrogen and oxygen atoms in total. The lowest BCUT2D eigenvalue weighted by atomic mass is 10.1. The van der Waals surface area contributed by atoms with Crippen molar-refractivity contribution in [2.24, 2.45) is 0 Å². The molecule has 0 radical (unpaired) electrons. The Kier molecular flexibility index (Phi) is 2.24. The minimum absolute atomic E-state index is 0.548. The highest BCUT2D eigenvalue weighted by molar-refractivity contribution is 5.13. The molecule has 0 spiro atoms. The van der Waals surface area contributed by atoms with Gasteiger partial charge < -0.3 is 5.11 Å². The van der Waals surface area contributed by atoms with E-state index in [2.05, 4.69) is 5.10 Å². The highest BCUT2D eigenvalue weighted by atomic mass is 16.3. The van der Waals surface area contributed by atoms with Crippen molar-refractivity contribution >= 4 is 0 Å². The fraction of sp³-hybridized carbons (Fsp3) is 0.667. The van der Waals surface area contributed by atoms with Gasteiger partial charge in [0.05, 0.1) is 18.3 Å². The SMILES string of the molecule is Cc1cnn(CC(C)(C)O)c1C. The molecule has 0 aliphatic carbocycles. The summed E-state index contributed by atoms with van der Waals surface area (Å²) >= 11 is 0. The Labute approximate surface area is 73.0 Å². The lowest BCUT2D eigenvalue weighted by molar-refractivity contribution is 0.0570. The molecule has 12 heavy (non-hydrogen) atoms. The van der Waals surface area contributed by atoms with Crippen molar-refractivity contribution in [3.8, 4) is 0 Å². The van der Waals surface area contributed by atoms with E-state index in [9.17, 15) is 5.11 Å². The van der Waals surface area contributed by atoms with Crippen molar-refractivity contribution in [2.45, 2.75) is 39.8 Å². The van der Waals surface area contributed by atoms with E-state index >= 15 is 0 Å². The van der Waals surface area contributed by atoms with Gasteiger partial charge in [0.1, 0.15) is 0 Å². The third-order valence-electron chi connectivity index (χ3n) is 1.89. The first kappa shape index (κ1) is 9.26. The van der Waals surface area contributed by atoms with Gasteiger partial charge in [-0.05, 0) is 33.3 Å². The molecule has 0 saturated carbocycles. The van der Waals surface area contributed by atoms with Crippen LogP contribution in [0.2, 0.25) is 0 Å². The van der Waals surface area contributed by atoms with Crippen LogP contribution in [0.1, 0.15) is 25.1 Å². The summed E-state index contributed by atoms with van der Waals surface area (Å²) in [6.45, 7) is 8.14. The lowest BCUT2D eigenvalue weighted by Gasteiger charge is -2.17. The monoisotopic (exact) mass is 168 g/mol. The third-order valence-corrected chi connectivity index (χ3v) is 1.89. The molecule has 1 heterocycles. The Balaban J connectivity index is 2.83. The van der Waals surface area contributed by atoms with Crippen molar-refractivity contribution in [3.05, 3.63) is 17.5 Å². The van der Waals surface area contributed by atoms with Crippen molar-refractivity contribution in [3.63, 3.8) is 0 Å². The van der Waals surface area contributed by atoms with Gasteiger partial charge in [0, 0.05) is 5.69 Å². The summed E-state index contributed by atoms with van der Waals surface area (Å²) in [7, 11) is 0. The molecule has 1 aromatic heterocycles. The Hall–Kier alpha value is -0.830. The lowest BCUT2D eigenvalue weighted by Crippen LogP contribution is -2.27. The van der Waals surface area contributed by atoms with Gasteiger partial charge in [0.25, 0.3) is 0 Å². The van der Waals surface area contributed by atoms with Crippen LogP contribution in [0.25, 0.3) is 0 Å². The molecule has 0 aliphatic heterocycles. The van der Waals surface area contributed by atoms with Crippen molar-refractivity contribution in [1.29, 1.82) is 0 Å². The van der Waals surface area contributed by atoms with Crippen LogP contribution in [0, 0.1) is 13.8 Å². The number of hydrogen-bond acceptors (Lipinski definition) is 2. The van der Waals surface area contributed by atoms with Gasteiger partial charge in [-0.3, -0.25) is 4.68 Å². The molecular formula is C9H16N2O. The zero-order valence-corrected chi connectivity index (χ0v) is 8.13. The summed E-state index contributed by atoms with van der Waals surface area (Å²) in [5.41, 5.74) is 1.60. The standard InChI is InChI=1S/C9H16N2O/c1-7-5-10-11(8(7)2)6-9(3,4)12/h5,12H,6H2,1-4H3. The molecule has 1 aromatic rings. The minimum atomic E-state index is -0.691. The average molecular weight is 168 g/mol. The molecule has 68 valence electrons. The van der Waals surface area contributed by atoms with Crippen LogP contribution in [0.4, 0.5) is 0 Å². The zero-order chi connectivity index (χ0) is 9.35. The zero-order valence-electron chi connectivity index (χ0n) is 8.13. The van der Waals surface area contributed by atoms with E-state index in [-0.39, 0.29) is 0 Å². The molecule has 0 amide bonds. The molecule has 1 rings (SSSR count). The van der Waals surface area contributed by atoms with E-state index in [0.717, 1.165) is 5.69 Å². The molecule has 3 heteroatoms. The Morgan fingerprint density at radius 2 is 2.08 bits per heavy atom. The fourth-order valence-corrected chi connectivity index (χ4v) is 1.07. The molecule has 0 bridgehead atoms. The van der Waals surface area contributed by atoms with Crippen LogP contribution in [-0.4, -0.2) is 20.5 Å². The number of nitrogens with zero attached hydrogens (tertiary/aromatic N) is 2. The second-order valence-corrected chi connectivity index (χ2v) is 3.88. The number of rotatable bonds is 2. The van der Waals surface area contributed by atoms with Crippen molar-refractivity contribution in [2.75, 3.05) is 0 Å². The first-order valence-electron chi connectivity index (χ1n) is 4.11. The molecule has 0 unspecified atom stereocenters. The van der Waals surface area contributed by atoms with E-state index in [1.807, 2.05) is 24.7 Å². The number of aliphatic hydroxyl groups is 1. The Bertz CT molecular complexity index is 271. The van der Waals surface area contributed by atoms with Crippen LogP contribution < -0.4 is 0 Å². The predicted octanol–water partition coefficient (Wildman–Crippen LogP) is 1.27. The molecule has 0 aromatic carbocycles. The van der Waals surface area contributed by atoms with Crippen molar-refractivity contribution in [1.82, 2.24) is 9.78 Å². The smallest absolute Gasteiger partial charge is 0.0786 e. The normalized spacial score (nSPS) is 12.1. The summed E-state index contributed by atoms with van der Waals surface area (Å²) in [5.74, 6) is 0. The van der Waals surface area contributed by atoms with Gasteiger partial charge in [0.15, 0.2) is 0 Å². The first-order chi connectivity index (χ1) is 5.40. The molecule has 0 aliphatic rings. The fourth-order valence-electron chi connectivity index (χ4n) is 1.07. The van der Waals surface area contributed by atoms with Crippen LogP contribution in [0.5, 0.6) is 0 Å². The summed E-state index contributed by atoms with van der Waals surface area (Å²) in [4.78, 5) is 0. The largest absolute Gasteiger partial charge is 0.389 e. The number of hydrogen-bond donors (Lipinski definition) is 1. The molecule has 1 N–H and O–H groups in total. The molecular weight excluding hydrogens is 152 g/mol. The second kappa shape index (κ2) is 2.90. The quantitative estimate of drug-likeness (QED) is 0.722. The molecule has 0 saturated heterocycles. The Morgan fingerprint density at radius 1 is 1.50 bits per heavy atom. The van der Waals surface area contributed by atoms with E-state index in [1.165, 1.54) is 5.56 Å².